The molecule has 0 saturated heterocycles. The highest BCUT2D eigenvalue weighted by Crippen LogP contribution is 2.40. The molecule has 0 amide bonds. The largest absolute Gasteiger partial charge is 0.385 e. The molecule has 1 heterocycles. The van der Waals surface area contributed by atoms with Gasteiger partial charge in [0.15, 0.2) is 0 Å². The fraction of sp³-hybridized carbons (Fsp3) is 0.500. The average Bonchev–Trinajstić information content (AvgIpc) is 2.47. The molecule has 2 N–H and O–H groups in total. The Balaban J connectivity index is 2.70. The monoisotopic (exact) mass is 347 g/mol. The third kappa shape index (κ3) is 2.90. The van der Waals surface area contributed by atoms with Crippen LogP contribution in [-0.2, 0) is 20.3 Å². The van der Waals surface area contributed by atoms with E-state index < -0.39 is 32.4 Å². The van der Waals surface area contributed by atoms with Gasteiger partial charge in [-0.3, -0.25) is 0 Å². The smallest absolute Gasteiger partial charge is 0.242 e. The van der Waals surface area contributed by atoms with E-state index in [4.69, 9.17) is 10.5 Å². The first kappa shape index (κ1) is 17.6. The minimum Gasteiger partial charge on any atom is -0.385 e. The molecule has 2 rings (SSSR count). The molecule has 0 saturated carbocycles. The van der Waals surface area contributed by atoms with E-state index in [1.165, 1.54) is 21.1 Å². The summed E-state index contributed by atoms with van der Waals surface area (Å²) in [6.45, 7) is 1.56. The second kappa shape index (κ2) is 6.04. The van der Waals surface area contributed by atoms with Gasteiger partial charge in [-0.2, -0.15) is 0 Å². The summed E-state index contributed by atoms with van der Waals surface area (Å²) >= 11 is 0. The predicted molar refractivity (Wildman–Crippen MR) is 82.3 cm³/mol. The van der Waals surface area contributed by atoms with Crippen LogP contribution in [0.4, 0.5) is 8.78 Å². The van der Waals surface area contributed by atoms with Gasteiger partial charge in [-0.15, -0.1) is 0 Å². The normalized spacial score (nSPS) is 26.9. The third-order valence-electron chi connectivity index (χ3n) is 4.10. The van der Waals surface area contributed by atoms with Gasteiger partial charge in [0.2, 0.25) is 16.0 Å². The van der Waals surface area contributed by atoms with Gasteiger partial charge >= 0.3 is 0 Å². The summed E-state index contributed by atoms with van der Waals surface area (Å²) in [7, 11) is -1.20. The molecule has 9 heteroatoms. The van der Waals surface area contributed by atoms with E-state index in [2.05, 4.69) is 4.99 Å². The molecule has 0 aliphatic carbocycles. The maximum atomic E-state index is 14.3. The molecule has 1 aromatic carbocycles. The van der Waals surface area contributed by atoms with Crippen LogP contribution in [0.3, 0.4) is 0 Å². The van der Waals surface area contributed by atoms with Crippen molar-refractivity contribution in [3.63, 3.8) is 0 Å². The minimum absolute atomic E-state index is 0.0619. The number of rotatable bonds is 4. The number of aliphatic imine (C=N–C) groups is 1. The number of nitrogens with two attached hydrogens (primary N) is 1. The number of nitrogens with zero attached hydrogens (tertiary/aromatic N) is 2. The van der Waals surface area contributed by atoms with Crippen LogP contribution in [0, 0.1) is 11.6 Å². The first-order valence-electron chi connectivity index (χ1n) is 6.92. The Hall–Kier alpha value is -1.74. The number of methoxy groups -OCH3 is 1. The van der Waals surface area contributed by atoms with Crippen LogP contribution in [0.1, 0.15) is 18.9 Å². The van der Waals surface area contributed by atoms with E-state index in [-0.39, 0.29) is 24.6 Å². The molecule has 1 aliphatic heterocycles. The van der Waals surface area contributed by atoms with Crippen LogP contribution in [-0.4, -0.2) is 44.7 Å². The van der Waals surface area contributed by atoms with Crippen LogP contribution in [0.5, 0.6) is 0 Å². The lowest BCUT2D eigenvalue weighted by Gasteiger charge is -2.41. The Bertz CT molecular complexity index is 739. The molecule has 2 atom stereocenters. The summed E-state index contributed by atoms with van der Waals surface area (Å²) in [5.41, 5.74) is 3.99. The Labute approximate surface area is 134 Å². The van der Waals surface area contributed by atoms with Crippen molar-refractivity contribution < 1.29 is 21.9 Å². The summed E-state index contributed by atoms with van der Waals surface area (Å²) in [5, 5.41) is -1.14. The molecule has 0 fully saturated rings. The molecule has 0 aromatic heterocycles. The lowest BCUT2D eigenvalue weighted by atomic mass is 9.86. The molecule has 23 heavy (non-hydrogen) atoms. The van der Waals surface area contributed by atoms with E-state index in [1.807, 2.05) is 0 Å². The fourth-order valence-electron chi connectivity index (χ4n) is 2.77. The quantitative estimate of drug-likeness (QED) is 0.886. The highest BCUT2D eigenvalue weighted by Gasteiger charge is 2.51. The average molecular weight is 347 g/mol. The number of hydrogen-bond donors (Lipinski definition) is 1. The molecule has 0 unspecified atom stereocenters. The number of sulfonamides is 1. The van der Waals surface area contributed by atoms with Crippen molar-refractivity contribution in [2.45, 2.75) is 24.1 Å². The molecule has 0 radical (unpaired) electrons. The number of guanidine groups is 1. The maximum Gasteiger partial charge on any atom is 0.242 e. The lowest BCUT2D eigenvalue weighted by Crippen LogP contribution is -2.56. The highest BCUT2D eigenvalue weighted by atomic mass is 32.2. The highest BCUT2D eigenvalue weighted by molar-refractivity contribution is 7.90. The van der Waals surface area contributed by atoms with E-state index in [1.54, 1.807) is 0 Å². The standard InChI is InChI=1S/C14H19F2N3O3S/c1-14(10-8-9(15)4-5-11(10)16)12(6-7-22-3)23(20,21)19(2)13(17)18-14/h4-5,8,12H,6-7H2,1-3H3,(H2,17,18)/t12-,14-/m1/s1. The van der Waals surface area contributed by atoms with Crippen molar-refractivity contribution >= 4 is 16.0 Å². The minimum atomic E-state index is -3.90. The number of halogens is 2. The zero-order valence-corrected chi connectivity index (χ0v) is 13.9. The van der Waals surface area contributed by atoms with Crippen LogP contribution in [0.2, 0.25) is 0 Å². The van der Waals surface area contributed by atoms with Gasteiger partial charge in [0.05, 0.1) is 0 Å². The van der Waals surface area contributed by atoms with Crippen LogP contribution in [0.25, 0.3) is 0 Å². The number of benzene rings is 1. The number of hydrogen-bond acceptors (Lipinski definition) is 5. The van der Waals surface area contributed by atoms with Crippen molar-refractivity contribution in [2.75, 3.05) is 20.8 Å². The molecule has 1 aliphatic rings. The van der Waals surface area contributed by atoms with E-state index in [9.17, 15) is 17.2 Å². The first-order chi connectivity index (χ1) is 10.6. The summed E-state index contributed by atoms with van der Waals surface area (Å²) in [4.78, 5) is 4.18. The lowest BCUT2D eigenvalue weighted by molar-refractivity contribution is 0.183. The Kier molecular flexibility index (Phi) is 4.63. The predicted octanol–water partition coefficient (Wildman–Crippen LogP) is 1.18. The summed E-state index contributed by atoms with van der Waals surface area (Å²) < 4.78 is 59.1. The zero-order chi connectivity index (χ0) is 17.4. The molecular weight excluding hydrogens is 328 g/mol. The van der Waals surface area contributed by atoms with E-state index in [0.29, 0.717) is 0 Å². The van der Waals surface area contributed by atoms with E-state index >= 15 is 0 Å². The van der Waals surface area contributed by atoms with Gasteiger partial charge in [-0.1, -0.05) is 0 Å². The Morgan fingerprint density at radius 2 is 2.09 bits per heavy atom. The molecule has 6 nitrogen and oxygen atoms in total. The molecule has 1 aromatic rings. The fourth-order valence-corrected chi connectivity index (χ4v) is 4.60. The van der Waals surface area contributed by atoms with Gasteiger partial charge < -0.3 is 10.5 Å². The second-order valence-electron chi connectivity index (χ2n) is 5.52. The van der Waals surface area contributed by atoms with E-state index in [0.717, 1.165) is 22.5 Å². The maximum absolute atomic E-state index is 14.3. The molecule has 128 valence electrons. The van der Waals surface area contributed by atoms with Crippen molar-refractivity contribution in [1.29, 1.82) is 0 Å². The summed E-state index contributed by atoms with van der Waals surface area (Å²) in [5.74, 6) is -1.70. The molecular formula is C14H19F2N3O3S. The molecule has 0 spiro atoms. The van der Waals surface area contributed by atoms with Gasteiger partial charge in [0.1, 0.15) is 22.4 Å². The van der Waals surface area contributed by atoms with Gasteiger partial charge in [0.25, 0.3) is 0 Å². The van der Waals surface area contributed by atoms with Crippen LogP contribution >= 0.6 is 0 Å². The van der Waals surface area contributed by atoms with Gasteiger partial charge in [-0.05, 0) is 31.5 Å². The summed E-state index contributed by atoms with van der Waals surface area (Å²) in [6, 6.07) is 2.86. The SMILES string of the molecule is COCC[C@@H]1[C@@](C)(c2cc(F)ccc2F)N=C(N)N(C)S1(=O)=O. The van der Waals surface area contributed by atoms with Crippen LogP contribution < -0.4 is 5.73 Å². The summed E-state index contributed by atoms with van der Waals surface area (Å²) in [6.07, 6.45) is 0.0619. The van der Waals surface area contributed by atoms with Crippen molar-refractivity contribution in [3.05, 3.63) is 35.4 Å². The van der Waals surface area contributed by atoms with Crippen LogP contribution in [0.15, 0.2) is 23.2 Å². The third-order valence-corrected chi connectivity index (χ3v) is 6.46. The van der Waals surface area contributed by atoms with Crippen molar-refractivity contribution in [1.82, 2.24) is 4.31 Å². The second-order valence-corrected chi connectivity index (χ2v) is 7.67. The van der Waals surface area contributed by atoms with Gasteiger partial charge in [-0.25, -0.2) is 26.5 Å². The van der Waals surface area contributed by atoms with Gasteiger partial charge in [0, 0.05) is 26.3 Å². The van der Waals surface area contributed by atoms with Crippen molar-refractivity contribution in [3.8, 4) is 0 Å². The Morgan fingerprint density at radius 1 is 1.43 bits per heavy atom. The zero-order valence-electron chi connectivity index (χ0n) is 13.1. The molecule has 0 bridgehead atoms. The topological polar surface area (TPSA) is 85.0 Å². The number of ether oxygens (including phenoxy) is 1. The van der Waals surface area contributed by atoms with Crippen molar-refractivity contribution in [2.24, 2.45) is 10.7 Å². The first-order valence-corrected chi connectivity index (χ1v) is 8.42. The Morgan fingerprint density at radius 3 is 2.70 bits per heavy atom.